The second-order valence-corrected chi connectivity index (χ2v) is 5.55. The number of aromatic hydroxyl groups is 2. The molecular formula is C15H19NO5. The molecular weight excluding hydrogens is 274 g/mol. The van der Waals surface area contributed by atoms with Crippen molar-refractivity contribution in [2.45, 2.75) is 26.2 Å². The number of phenolic OH excluding ortho intramolecular Hbond substituents is 2. The van der Waals surface area contributed by atoms with Gasteiger partial charge in [0.25, 0.3) is 5.91 Å². The van der Waals surface area contributed by atoms with Crippen LogP contribution in [0.3, 0.4) is 0 Å². The number of carbonyl (C=O) groups is 2. The fourth-order valence-corrected chi connectivity index (χ4v) is 2.91. The number of amides is 1. The molecule has 0 aliphatic carbocycles. The van der Waals surface area contributed by atoms with Crippen molar-refractivity contribution in [1.82, 2.24) is 4.90 Å². The highest BCUT2D eigenvalue weighted by atomic mass is 16.4. The lowest BCUT2D eigenvalue weighted by Crippen LogP contribution is -2.36. The summed E-state index contributed by atoms with van der Waals surface area (Å²) in [6.07, 6.45) is 1.69. The van der Waals surface area contributed by atoms with Crippen LogP contribution in [0.15, 0.2) is 18.2 Å². The summed E-state index contributed by atoms with van der Waals surface area (Å²) in [5.41, 5.74) is -0.728. The standard InChI is InChI=1S/C15H19NO5/c1-2-3-15(14(20)21)4-5-16(9-15)13(19)10-6-11(17)8-12(18)7-10/h6-8,17-18H,2-5,9H2,1H3,(H,20,21). The molecule has 1 aliphatic rings. The van der Waals surface area contributed by atoms with Crippen LogP contribution in [0.5, 0.6) is 11.5 Å². The molecule has 3 N–H and O–H groups in total. The van der Waals surface area contributed by atoms with Crippen molar-refractivity contribution in [3.63, 3.8) is 0 Å². The summed E-state index contributed by atoms with van der Waals surface area (Å²) in [7, 11) is 0. The summed E-state index contributed by atoms with van der Waals surface area (Å²) < 4.78 is 0. The van der Waals surface area contributed by atoms with Gasteiger partial charge in [-0.2, -0.15) is 0 Å². The topological polar surface area (TPSA) is 98.1 Å². The number of carbonyl (C=O) groups excluding carboxylic acids is 1. The van der Waals surface area contributed by atoms with Crippen LogP contribution in [0.1, 0.15) is 36.5 Å². The van der Waals surface area contributed by atoms with Gasteiger partial charge in [-0.3, -0.25) is 9.59 Å². The highest BCUT2D eigenvalue weighted by Gasteiger charge is 2.45. The third kappa shape index (κ3) is 2.94. The second kappa shape index (κ2) is 5.63. The summed E-state index contributed by atoms with van der Waals surface area (Å²) in [5, 5.41) is 28.3. The van der Waals surface area contributed by atoms with Gasteiger partial charge < -0.3 is 20.2 Å². The number of carboxylic acid groups (broad SMARTS) is 1. The van der Waals surface area contributed by atoms with Crippen LogP contribution in [0.2, 0.25) is 0 Å². The van der Waals surface area contributed by atoms with Crippen LogP contribution in [0.4, 0.5) is 0 Å². The Hall–Kier alpha value is -2.24. The Kier molecular flexibility index (Phi) is 4.06. The lowest BCUT2D eigenvalue weighted by atomic mass is 9.83. The van der Waals surface area contributed by atoms with Crippen molar-refractivity contribution in [2.75, 3.05) is 13.1 Å². The number of hydrogen-bond acceptors (Lipinski definition) is 4. The van der Waals surface area contributed by atoms with Crippen LogP contribution in [0.25, 0.3) is 0 Å². The van der Waals surface area contributed by atoms with Crippen LogP contribution in [-0.4, -0.2) is 45.2 Å². The average molecular weight is 293 g/mol. The Morgan fingerprint density at radius 1 is 1.24 bits per heavy atom. The van der Waals surface area contributed by atoms with Gasteiger partial charge in [-0.05, 0) is 25.0 Å². The minimum atomic E-state index is -0.886. The van der Waals surface area contributed by atoms with Gasteiger partial charge in [0.15, 0.2) is 0 Å². The minimum absolute atomic E-state index is 0.158. The summed E-state index contributed by atoms with van der Waals surface area (Å²) in [5.74, 6) is -1.65. The smallest absolute Gasteiger partial charge is 0.311 e. The molecule has 1 fully saturated rings. The molecule has 1 atom stereocenters. The Morgan fingerprint density at radius 3 is 2.38 bits per heavy atom. The molecule has 2 rings (SSSR count). The van der Waals surface area contributed by atoms with Gasteiger partial charge in [-0.25, -0.2) is 0 Å². The predicted octanol–water partition coefficient (Wildman–Crippen LogP) is 1.81. The van der Waals surface area contributed by atoms with Gasteiger partial charge >= 0.3 is 5.97 Å². The van der Waals surface area contributed by atoms with Crippen LogP contribution in [0, 0.1) is 5.41 Å². The van der Waals surface area contributed by atoms with Crippen molar-refractivity contribution >= 4 is 11.9 Å². The Morgan fingerprint density at radius 2 is 1.86 bits per heavy atom. The molecule has 0 spiro atoms. The number of likely N-dealkylation sites (tertiary alicyclic amines) is 1. The molecule has 1 aromatic rings. The molecule has 0 bridgehead atoms. The molecule has 0 saturated carbocycles. The highest BCUT2D eigenvalue weighted by Crippen LogP contribution is 2.36. The summed E-state index contributed by atoms with van der Waals surface area (Å²) in [4.78, 5) is 25.4. The lowest BCUT2D eigenvalue weighted by Gasteiger charge is -2.24. The highest BCUT2D eigenvalue weighted by molar-refractivity contribution is 5.95. The quantitative estimate of drug-likeness (QED) is 0.786. The maximum Gasteiger partial charge on any atom is 0.311 e. The molecule has 1 saturated heterocycles. The van der Waals surface area contributed by atoms with E-state index in [9.17, 15) is 24.9 Å². The van der Waals surface area contributed by atoms with Gasteiger partial charge in [0, 0.05) is 24.7 Å². The third-order valence-electron chi connectivity index (χ3n) is 3.97. The zero-order chi connectivity index (χ0) is 15.6. The molecule has 0 aromatic heterocycles. The maximum atomic E-state index is 12.4. The van der Waals surface area contributed by atoms with E-state index in [4.69, 9.17) is 0 Å². The van der Waals surface area contributed by atoms with Crippen molar-refractivity contribution in [3.05, 3.63) is 23.8 Å². The Balaban J connectivity index is 2.20. The number of aliphatic carboxylic acids is 1. The normalized spacial score (nSPS) is 21.5. The van der Waals surface area contributed by atoms with E-state index in [1.54, 1.807) is 0 Å². The lowest BCUT2D eigenvalue weighted by molar-refractivity contribution is -0.148. The van der Waals surface area contributed by atoms with E-state index in [2.05, 4.69) is 0 Å². The van der Waals surface area contributed by atoms with E-state index in [0.29, 0.717) is 19.4 Å². The van der Waals surface area contributed by atoms with Gasteiger partial charge in [-0.1, -0.05) is 13.3 Å². The van der Waals surface area contributed by atoms with Crippen molar-refractivity contribution in [2.24, 2.45) is 5.41 Å². The summed E-state index contributed by atoms with van der Waals surface area (Å²) in [6, 6.07) is 3.67. The number of nitrogens with zero attached hydrogens (tertiary/aromatic N) is 1. The first-order valence-electron chi connectivity index (χ1n) is 6.93. The number of carboxylic acids is 1. The Labute approximate surface area is 122 Å². The number of hydrogen-bond donors (Lipinski definition) is 3. The van der Waals surface area contributed by atoms with Crippen molar-refractivity contribution < 1.29 is 24.9 Å². The first-order valence-corrected chi connectivity index (χ1v) is 6.93. The zero-order valence-electron chi connectivity index (χ0n) is 11.9. The van der Waals surface area contributed by atoms with Gasteiger partial charge in [0.1, 0.15) is 11.5 Å². The van der Waals surface area contributed by atoms with Crippen molar-refractivity contribution in [3.8, 4) is 11.5 Å². The monoisotopic (exact) mass is 293 g/mol. The fraction of sp³-hybridized carbons (Fsp3) is 0.467. The van der Waals surface area contributed by atoms with E-state index in [-0.39, 0.29) is 29.5 Å². The fourth-order valence-electron chi connectivity index (χ4n) is 2.91. The predicted molar refractivity (Wildman–Crippen MR) is 75.3 cm³/mol. The van der Waals surface area contributed by atoms with Gasteiger partial charge in [-0.15, -0.1) is 0 Å². The first kappa shape index (κ1) is 15.2. The summed E-state index contributed by atoms with van der Waals surface area (Å²) in [6.45, 7) is 2.44. The van der Waals surface area contributed by atoms with E-state index < -0.39 is 11.4 Å². The minimum Gasteiger partial charge on any atom is -0.508 e. The van der Waals surface area contributed by atoms with E-state index in [0.717, 1.165) is 12.5 Å². The van der Waals surface area contributed by atoms with Crippen LogP contribution in [-0.2, 0) is 4.79 Å². The second-order valence-electron chi connectivity index (χ2n) is 5.55. The number of benzene rings is 1. The molecule has 1 unspecified atom stereocenters. The van der Waals surface area contributed by atoms with E-state index in [1.807, 2.05) is 6.92 Å². The molecule has 6 nitrogen and oxygen atoms in total. The molecule has 0 radical (unpaired) electrons. The van der Waals surface area contributed by atoms with Gasteiger partial charge in [0.05, 0.1) is 5.41 Å². The third-order valence-corrected chi connectivity index (χ3v) is 3.97. The first-order chi connectivity index (χ1) is 9.88. The largest absolute Gasteiger partial charge is 0.508 e. The molecule has 114 valence electrons. The summed E-state index contributed by atoms with van der Waals surface area (Å²) >= 11 is 0. The number of phenols is 2. The van der Waals surface area contributed by atoms with E-state index in [1.165, 1.54) is 17.0 Å². The van der Waals surface area contributed by atoms with Gasteiger partial charge in [0.2, 0.25) is 0 Å². The molecule has 6 heteroatoms. The SMILES string of the molecule is CCCC1(C(=O)O)CCN(C(=O)c2cc(O)cc(O)c2)C1. The molecule has 1 heterocycles. The Bertz CT molecular complexity index is 551. The maximum absolute atomic E-state index is 12.4. The van der Waals surface area contributed by atoms with Crippen LogP contribution >= 0.6 is 0 Å². The molecule has 1 aliphatic heterocycles. The molecule has 21 heavy (non-hydrogen) atoms. The number of rotatable bonds is 4. The van der Waals surface area contributed by atoms with Crippen molar-refractivity contribution in [1.29, 1.82) is 0 Å². The molecule has 1 aromatic carbocycles. The molecule has 1 amide bonds. The zero-order valence-corrected chi connectivity index (χ0v) is 11.9. The van der Waals surface area contributed by atoms with Crippen LogP contribution < -0.4 is 0 Å². The van der Waals surface area contributed by atoms with E-state index >= 15 is 0 Å². The average Bonchev–Trinajstić information content (AvgIpc) is 2.83.